The molecule has 0 spiro atoms. The number of aromatic hydroxyl groups is 1. The summed E-state index contributed by atoms with van der Waals surface area (Å²) in [5.41, 5.74) is 2.45. The average Bonchev–Trinajstić information content (AvgIpc) is 3.41. The Morgan fingerprint density at radius 2 is 1.90 bits per heavy atom. The number of rotatable bonds is 7. The van der Waals surface area contributed by atoms with Gasteiger partial charge in [-0.15, -0.1) is 0 Å². The van der Waals surface area contributed by atoms with Crippen molar-refractivity contribution in [3.63, 3.8) is 0 Å². The fraction of sp³-hybridized carbons (Fsp3) is 0.500. The summed E-state index contributed by atoms with van der Waals surface area (Å²) in [6.45, 7) is 7.04. The minimum absolute atomic E-state index is 0.0554. The molecule has 0 saturated heterocycles. The molecular weight excluding hydrogens is 395 g/mol. The number of hydrogen-bond acceptors (Lipinski definition) is 4. The number of hydrogen-bond donors (Lipinski definition) is 1. The maximum atomic E-state index is 14.3. The first-order valence-corrected chi connectivity index (χ1v) is 11.2. The number of ether oxygens (including phenoxy) is 2. The third-order valence-electron chi connectivity index (χ3n) is 6.25. The van der Waals surface area contributed by atoms with Gasteiger partial charge in [0.05, 0.1) is 12.5 Å². The van der Waals surface area contributed by atoms with Crippen molar-refractivity contribution in [2.45, 2.75) is 64.9 Å². The lowest BCUT2D eigenvalue weighted by molar-refractivity contribution is -0.145. The zero-order chi connectivity index (χ0) is 22.2. The number of phenolic OH excluding ortho intramolecular Hbond substituents is 1. The van der Waals surface area contributed by atoms with Gasteiger partial charge in [-0.05, 0) is 73.3 Å². The molecule has 0 aliphatic heterocycles. The third-order valence-corrected chi connectivity index (χ3v) is 6.25. The molecule has 5 heteroatoms. The van der Waals surface area contributed by atoms with Crippen LogP contribution in [0.25, 0.3) is 0 Å². The van der Waals surface area contributed by atoms with Crippen LogP contribution in [0.3, 0.4) is 0 Å². The van der Waals surface area contributed by atoms with Crippen molar-refractivity contribution in [2.24, 2.45) is 11.3 Å². The van der Waals surface area contributed by atoms with Gasteiger partial charge in [0, 0.05) is 11.1 Å². The van der Waals surface area contributed by atoms with E-state index in [1.54, 1.807) is 0 Å². The van der Waals surface area contributed by atoms with E-state index in [4.69, 9.17) is 9.47 Å². The summed E-state index contributed by atoms with van der Waals surface area (Å²) in [7, 11) is 0. The Morgan fingerprint density at radius 1 is 1.16 bits per heavy atom. The van der Waals surface area contributed by atoms with Crippen LogP contribution in [0.2, 0.25) is 0 Å². The monoisotopic (exact) mass is 426 g/mol. The predicted molar refractivity (Wildman–Crippen MR) is 117 cm³/mol. The Balaban J connectivity index is 1.30. The van der Waals surface area contributed by atoms with E-state index < -0.39 is 6.10 Å². The molecule has 0 unspecified atom stereocenters. The fourth-order valence-corrected chi connectivity index (χ4v) is 4.44. The molecule has 1 saturated carbocycles. The van der Waals surface area contributed by atoms with E-state index in [1.807, 2.05) is 24.3 Å². The van der Waals surface area contributed by atoms with Crippen molar-refractivity contribution in [2.75, 3.05) is 6.61 Å². The van der Waals surface area contributed by atoms with E-state index in [2.05, 4.69) is 20.8 Å². The van der Waals surface area contributed by atoms with Gasteiger partial charge >= 0.3 is 5.97 Å². The van der Waals surface area contributed by atoms with Crippen molar-refractivity contribution in [1.82, 2.24) is 0 Å². The maximum absolute atomic E-state index is 14.3. The van der Waals surface area contributed by atoms with Crippen LogP contribution in [0.5, 0.6) is 11.5 Å². The maximum Gasteiger partial charge on any atom is 0.309 e. The lowest BCUT2D eigenvalue weighted by atomic mass is 9.91. The SMILES string of the molecule is CC(C)(C)CCCOC(=O)[C@H]1C[C@@H]1c1ccc(O[C@@H]2CCc3c(O)ccc(F)c32)cc1. The van der Waals surface area contributed by atoms with Gasteiger partial charge in [0.15, 0.2) is 0 Å². The number of carbonyl (C=O) groups is 1. The molecule has 0 aromatic heterocycles. The van der Waals surface area contributed by atoms with Crippen LogP contribution in [-0.2, 0) is 16.0 Å². The third kappa shape index (κ3) is 5.03. The van der Waals surface area contributed by atoms with Crippen LogP contribution >= 0.6 is 0 Å². The molecule has 166 valence electrons. The molecule has 0 amide bonds. The van der Waals surface area contributed by atoms with Gasteiger partial charge in [-0.1, -0.05) is 32.9 Å². The first-order valence-electron chi connectivity index (χ1n) is 11.2. The molecule has 0 bridgehead atoms. The minimum atomic E-state index is -0.398. The molecule has 1 N–H and O–H groups in total. The highest BCUT2D eigenvalue weighted by molar-refractivity contribution is 5.77. The zero-order valence-electron chi connectivity index (χ0n) is 18.5. The van der Waals surface area contributed by atoms with Crippen molar-refractivity contribution in [1.29, 1.82) is 0 Å². The molecule has 3 atom stereocenters. The Labute approximate surface area is 183 Å². The second kappa shape index (κ2) is 8.52. The fourth-order valence-electron chi connectivity index (χ4n) is 4.44. The van der Waals surface area contributed by atoms with E-state index in [0.717, 1.165) is 24.8 Å². The Morgan fingerprint density at radius 3 is 2.61 bits per heavy atom. The highest BCUT2D eigenvalue weighted by Crippen LogP contribution is 2.48. The van der Waals surface area contributed by atoms with Crippen molar-refractivity contribution >= 4 is 5.97 Å². The van der Waals surface area contributed by atoms with Crippen LogP contribution < -0.4 is 4.74 Å². The number of halogens is 1. The van der Waals surface area contributed by atoms with Gasteiger partial charge in [0.25, 0.3) is 0 Å². The van der Waals surface area contributed by atoms with Crippen molar-refractivity contribution in [3.05, 3.63) is 58.9 Å². The summed E-state index contributed by atoms with van der Waals surface area (Å²) < 4.78 is 25.7. The van der Waals surface area contributed by atoms with E-state index in [1.165, 1.54) is 12.1 Å². The number of benzene rings is 2. The van der Waals surface area contributed by atoms with Gasteiger partial charge in [-0.3, -0.25) is 4.79 Å². The lowest BCUT2D eigenvalue weighted by Crippen LogP contribution is -2.12. The Hall–Kier alpha value is -2.56. The Kier molecular flexibility index (Phi) is 5.96. The smallest absolute Gasteiger partial charge is 0.309 e. The number of fused-ring (bicyclic) bond motifs is 1. The topological polar surface area (TPSA) is 55.8 Å². The molecule has 4 nitrogen and oxygen atoms in total. The molecular formula is C26H31FO4. The van der Waals surface area contributed by atoms with Crippen molar-refractivity contribution in [3.8, 4) is 11.5 Å². The number of esters is 1. The van der Waals surface area contributed by atoms with Gasteiger partial charge in [0.2, 0.25) is 0 Å². The first kappa shape index (κ1) is 21.7. The highest BCUT2D eigenvalue weighted by atomic mass is 19.1. The van der Waals surface area contributed by atoms with E-state index in [0.29, 0.717) is 36.3 Å². The summed E-state index contributed by atoms with van der Waals surface area (Å²) in [5, 5.41) is 9.96. The van der Waals surface area contributed by atoms with Crippen LogP contribution in [-0.4, -0.2) is 17.7 Å². The van der Waals surface area contributed by atoms with Crippen LogP contribution in [0.15, 0.2) is 36.4 Å². The second-order valence-electron chi connectivity index (χ2n) is 9.95. The van der Waals surface area contributed by atoms with Crippen molar-refractivity contribution < 1.29 is 23.8 Å². The largest absolute Gasteiger partial charge is 0.508 e. The van der Waals surface area contributed by atoms with E-state index >= 15 is 0 Å². The van der Waals surface area contributed by atoms with E-state index in [9.17, 15) is 14.3 Å². The van der Waals surface area contributed by atoms with Gasteiger partial charge in [-0.2, -0.15) is 0 Å². The van der Waals surface area contributed by atoms with Crippen LogP contribution in [0.4, 0.5) is 4.39 Å². The quantitative estimate of drug-likeness (QED) is 0.431. The molecule has 2 aromatic carbocycles. The molecule has 1 fully saturated rings. The van der Waals surface area contributed by atoms with Gasteiger partial charge in [-0.25, -0.2) is 4.39 Å². The van der Waals surface area contributed by atoms with E-state index in [-0.39, 0.29) is 34.8 Å². The molecule has 2 aliphatic rings. The first-order chi connectivity index (χ1) is 14.7. The standard InChI is InChI=1S/C26H31FO4/c1-26(2,3)13-4-14-30-25(29)20-15-19(20)16-5-7-17(8-6-16)31-23-12-9-18-22(28)11-10-21(27)24(18)23/h5-8,10-11,19-20,23,28H,4,9,12-15H2,1-3H3/t19-,20+,23-/m1/s1. The summed E-state index contributed by atoms with van der Waals surface area (Å²) in [5.74, 6) is 0.492. The van der Waals surface area contributed by atoms with Gasteiger partial charge < -0.3 is 14.6 Å². The number of carbonyl (C=O) groups excluding carboxylic acids is 1. The Bertz CT molecular complexity index is 945. The molecule has 0 radical (unpaired) electrons. The van der Waals surface area contributed by atoms with Crippen LogP contribution in [0.1, 0.15) is 75.2 Å². The van der Waals surface area contributed by atoms with Gasteiger partial charge in [0.1, 0.15) is 23.4 Å². The highest BCUT2D eigenvalue weighted by Gasteiger charge is 2.45. The molecule has 2 aliphatic carbocycles. The minimum Gasteiger partial charge on any atom is -0.508 e. The predicted octanol–water partition coefficient (Wildman–Crippen LogP) is 6.07. The second-order valence-corrected chi connectivity index (χ2v) is 9.95. The summed E-state index contributed by atoms with van der Waals surface area (Å²) in [6.07, 6.45) is 3.58. The molecule has 4 rings (SSSR count). The molecule has 0 heterocycles. The summed E-state index contributed by atoms with van der Waals surface area (Å²) >= 11 is 0. The molecule has 2 aromatic rings. The zero-order valence-corrected chi connectivity index (χ0v) is 18.5. The van der Waals surface area contributed by atoms with Crippen LogP contribution in [0, 0.1) is 17.2 Å². The normalized spacial score (nSPS) is 22.1. The summed E-state index contributed by atoms with van der Waals surface area (Å²) in [4.78, 5) is 12.3. The molecule has 31 heavy (non-hydrogen) atoms. The lowest BCUT2D eigenvalue weighted by Gasteiger charge is -2.17. The average molecular weight is 427 g/mol. The summed E-state index contributed by atoms with van der Waals surface area (Å²) in [6, 6.07) is 10.4. The number of phenols is 1.